The fourth-order valence-corrected chi connectivity index (χ4v) is 1.57. The van der Waals surface area contributed by atoms with Crippen LogP contribution in [0.3, 0.4) is 0 Å². The Morgan fingerprint density at radius 1 is 1.37 bits per heavy atom. The van der Waals surface area contributed by atoms with E-state index in [0.717, 1.165) is 5.56 Å². The van der Waals surface area contributed by atoms with E-state index < -0.39 is 0 Å². The molecule has 1 N–H and O–H groups in total. The maximum absolute atomic E-state index is 11.5. The molecule has 1 rings (SSSR count). The van der Waals surface area contributed by atoms with Crippen molar-refractivity contribution < 1.29 is 19.0 Å². The number of carbonyl (C=O) groups is 1. The zero-order valence-electron chi connectivity index (χ0n) is 11.9. The lowest BCUT2D eigenvalue weighted by atomic mass is 10.2. The molecule has 5 nitrogen and oxygen atoms in total. The fourth-order valence-electron chi connectivity index (χ4n) is 1.57. The van der Waals surface area contributed by atoms with Gasteiger partial charge in [-0.15, -0.1) is 0 Å². The average molecular weight is 267 g/mol. The summed E-state index contributed by atoms with van der Waals surface area (Å²) in [5.41, 5.74) is 0.959. The fraction of sp³-hybridized carbons (Fsp3) is 0.500. The molecule has 106 valence electrons. The van der Waals surface area contributed by atoms with Crippen LogP contribution >= 0.6 is 0 Å². The SMILES string of the molecule is CNCc1ccc(OC)cc1OCC(=O)OC(C)C. The second kappa shape index (κ2) is 7.63. The van der Waals surface area contributed by atoms with Crippen molar-refractivity contribution in [3.8, 4) is 11.5 Å². The quantitative estimate of drug-likeness (QED) is 0.763. The van der Waals surface area contributed by atoms with E-state index in [2.05, 4.69) is 5.32 Å². The highest BCUT2D eigenvalue weighted by Crippen LogP contribution is 2.24. The number of nitrogens with one attached hydrogen (secondary N) is 1. The molecule has 0 radical (unpaired) electrons. The molecule has 19 heavy (non-hydrogen) atoms. The van der Waals surface area contributed by atoms with E-state index in [-0.39, 0.29) is 18.7 Å². The van der Waals surface area contributed by atoms with Crippen LogP contribution in [0.25, 0.3) is 0 Å². The van der Waals surface area contributed by atoms with Gasteiger partial charge in [0.1, 0.15) is 11.5 Å². The number of benzene rings is 1. The average Bonchev–Trinajstić information content (AvgIpc) is 2.37. The summed E-state index contributed by atoms with van der Waals surface area (Å²) in [5.74, 6) is 0.926. The van der Waals surface area contributed by atoms with Gasteiger partial charge in [0.05, 0.1) is 13.2 Å². The molecule has 0 saturated heterocycles. The van der Waals surface area contributed by atoms with Crippen LogP contribution in [0.2, 0.25) is 0 Å². The minimum absolute atomic E-state index is 0.109. The molecule has 0 aliphatic rings. The Morgan fingerprint density at radius 2 is 2.11 bits per heavy atom. The largest absolute Gasteiger partial charge is 0.497 e. The second-order valence-electron chi connectivity index (χ2n) is 4.33. The summed E-state index contributed by atoms with van der Waals surface area (Å²) in [6, 6.07) is 5.51. The van der Waals surface area contributed by atoms with Gasteiger partial charge in [-0.2, -0.15) is 0 Å². The molecule has 1 aromatic rings. The molecule has 0 saturated carbocycles. The van der Waals surface area contributed by atoms with Crippen LogP contribution in [0.5, 0.6) is 11.5 Å². The third kappa shape index (κ3) is 5.18. The molecule has 0 aliphatic carbocycles. The third-order valence-corrected chi connectivity index (χ3v) is 2.35. The Bertz CT molecular complexity index is 418. The lowest BCUT2D eigenvalue weighted by molar-refractivity contribution is -0.149. The van der Waals surface area contributed by atoms with Crippen molar-refractivity contribution in [2.24, 2.45) is 0 Å². The van der Waals surface area contributed by atoms with Crippen molar-refractivity contribution >= 4 is 5.97 Å². The predicted octanol–water partition coefficient (Wildman–Crippen LogP) is 1.74. The van der Waals surface area contributed by atoms with Crippen LogP contribution in [-0.4, -0.2) is 32.8 Å². The molecule has 0 amide bonds. The first-order chi connectivity index (χ1) is 9.06. The highest BCUT2D eigenvalue weighted by molar-refractivity contribution is 5.71. The van der Waals surface area contributed by atoms with Crippen molar-refractivity contribution in [3.05, 3.63) is 23.8 Å². The first-order valence-electron chi connectivity index (χ1n) is 6.20. The van der Waals surface area contributed by atoms with Crippen LogP contribution in [-0.2, 0) is 16.1 Å². The Balaban J connectivity index is 2.71. The number of esters is 1. The number of rotatable bonds is 7. The molecule has 0 spiro atoms. The summed E-state index contributed by atoms with van der Waals surface area (Å²) >= 11 is 0. The van der Waals surface area contributed by atoms with E-state index in [9.17, 15) is 4.79 Å². The molecule has 0 heterocycles. The summed E-state index contributed by atoms with van der Waals surface area (Å²) < 4.78 is 15.7. The molecule has 0 atom stereocenters. The maximum Gasteiger partial charge on any atom is 0.344 e. The zero-order valence-corrected chi connectivity index (χ0v) is 11.9. The number of hydrogen-bond acceptors (Lipinski definition) is 5. The minimum Gasteiger partial charge on any atom is -0.497 e. The smallest absolute Gasteiger partial charge is 0.344 e. The standard InChI is InChI=1S/C14H21NO4/c1-10(2)19-14(16)9-18-13-7-12(17-4)6-5-11(13)8-15-3/h5-7,10,15H,8-9H2,1-4H3. The molecule has 0 fully saturated rings. The van der Waals surface area contributed by atoms with Gasteiger partial charge in [0.15, 0.2) is 6.61 Å². The molecule has 5 heteroatoms. The van der Waals surface area contributed by atoms with Gasteiger partial charge < -0.3 is 19.5 Å². The van der Waals surface area contributed by atoms with Gasteiger partial charge in [-0.1, -0.05) is 6.07 Å². The second-order valence-corrected chi connectivity index (χ2v) is 4.33. The molecular formula is C14H21NO4. The topological polar surface area (TPSA) is 56.8 Å². The lowest BCUT2D eigenvalue weighted by Crippen LogP contribution is -2.19. The van der Waals surface area contributed by atoms with E-state index in [0.29, 0.717) is 18.0 Å². The van der Waals surface area contributed by atoms with Gasteiger partial charge in [0.25, 0.3) is 0 Å². The summed E-state index contributed by atoms with van der Waals surface area (Å²) in [6.45, 7) is 4.15. The Kier molecular flexibility index (Phi) is 6.15. The van der Waals surface area contributed by atoms with Gasteiger partial charge in [-0.05, 0) is 27.0 Å². The van der Waals surface area contributed by atoms with Gasteiger partial charge >= 0.3 is 5.97 Å². The molecule has 0 bridgehead atoms. The van der Waals surface area contributed by atoms with Crippen LogP contribution in [0, 0.1) is 0 Å². The summed E-state index contributed by atoms with van der Waals surface area (Å²) in [7, 11) is 3.44. The monoisotopic (exact) mass is 267 g/mol. The van der Waals surface area contributed by atoms with Crippen LogP contribution < -0.4 is 14.8 Å². The third-order valence-electron chi connectivity index (χ3n) is 2.35. The van der Waals surface area contributed by atoms with Crippen LogP contribution in [0.15, 0.2) is 18.2 Å². The van der Waals surface area contributed by atoms with E-state index in [4.69, 9.17) is 14.2 Å². The molecule has 1 aromatic carbocycles. The zero-order chi connectivity index (χ0) is 14.3. The Hall–Kier alpha value is -1.75. The molecule has 0 unspecified atom stereocenters. The Morgan fingerprint density at radius 3 is 2.68 bits per heavy atom. The van der Waals surface area contributed by atoms with Crippen LogP contribution in [0.1, 0.15) is 19.4 Å². The summed E-state index contributed by atoms with van der Waals surface area (Å²) in [5, 5.41) is 3.04. The number of hydrogen-bond donors (Lipinski definition) is 1. The van der Waals surface area contributed by atoms with Gasteiger partial charge in [0, 0.05) is 18.2 Å². The van der Waals surface area contributed by atoms with Crippen molar-refractivity contribution in [1.82, 2.24) is 5.32 Å². The maximum atomic E-state index is 11.5. The molecule has 0 aliphatic heterocycles. The lowest BCUT2D eigenvalue weighted by Gasteiger charge is -2.13. The Labute approximate surface area is 113 Å². The van der Waals surface area contributed by atoms with Gasteiger partial charge in [-0.3, -0.25) is 0 Å². The molecule has 0 aromatic heterocycles. The van der Waals surface area contributed by atoms with E-state index in [1.54, 1.807) is 27.0 Å². The first kappa shape index (κ1) is 15.3. The molecular weight excluding hydrogens is 246 g/mol. The van der Waals surface area contributed by atoms with Crippen molar-refractivity contribution in [2.75, 3.05) is 20.8 Å². The summed E-state index contributed by atoms with van der Waals surface area (Å²) in [4.78, 5) is 11.5. The van der Waals surface area contributed by atoms with E-state index in [1.807, 2.05) is 19.2 Å². The number of carbonyl (C=O) groups excluding carboxylic acids is 1. The van der Waals surface area contributed by atoms with Crippen molar-refractivity contribution in [3.63, 3.8) is 0 Å². The van der Waals surface area contributed by atoms with Crippen molar-refractivity contribution in [2.45, 2.75) is 26.5 Å². The highest BCUT2D eigenvalue weighted by atomic mass is 16.6. The van der Waals surface area contributed by atoms with Crippen LogP contribution in [0.4, 0.5) is 0 Å². The summed E-state index contributed by atoms with van der Waals surface area (Å²) in [6.07, 6.45) is -0.141. The number of methoxy groups -OCH3 is 1. The first-order valence-corrected chi connectivity index (χ1v) is 6.20. The van der Waals surface area contributed by atoms with E-state index in [1.165, 1.54) is 0 Å². The van der Waals surface area contributed by atoms with Crippen molar-refractivity contribution in [1.29, 1.82) is 0 Å². The minimum atomic E-state index is -0.381. The normalized spacial score (nSPS) is 10.4. The highest BCUT2D eigenvalue weighted by Gasteiger charge is 2.10. The number of ether oxygens (including phenoxy) is 3. The van der Waals surface area contributed by atoms with Gasteiger partial charge in [-0.25, -0.2) is 4.79 Å². The van der Waals surface area contributed by atoms with E-state index >= 15 is 0 Å². The predicted molar refractivity (Wildman–Crippen MR) is 72.5 cm³/mol. The van der Waals surface area contributed by atoms with Gasteiger partial charge in [0.2, 0.25) is 0 Å².